The van der Waals surface area contributed by atoms with Gasteiger partial charge in [-0.1, -0.05) is 18.2 Å². The van der Waals surface area contributed by atoms with Crippen molar-refractivity contribution in [1.82, 2.24) is 4.90 Å². The Morgan fingerprint density at radius 2 is 1.86 bits per heavy atom. The first kappa shape index (κ1) is 20.0. The molecule has 0 spiro atoms. The molecule has 1 aliphatic heterocycles. The normalized spacial score (nSPS) is 19.6. The minimum absolute atomic E-state index is 0.0365. The van der Waals surface area contributed by atoms with Crippen LogP contribution in [0.25, 0.3) is 0 Å². The van der Waals surface area contributed by atoms with Crippen molar-refractivity contribution in [2.75, 3.05) is 20.0 Å². The molecule has 0 N–H and O–H groups in total. The van der Waals surface area contributed by atoms with Crippen LogP contribution in [0.5, 0.6) is 17.2 Å². The molecule has 2 aliphatic rings. The molecular weight excluding hydrogens is 386 g/mol. The Labute approximate surface area is 176 Å². The van der Waals surface area contributed by atoms with Crippen LogP contribution in [0.3, 0.4) is 0 Å². The summed E-state index contributed by atoms with van der Waals surface area (Å²) in [5, 5.41) is -0.0365. The number of rotatable bonds is 7. The summed E-state index contributed by atoms with van der Waals surface area (Å²) in [5.41, 5.74) is 2.12. The number of ether oxygens (including phenoxy) is 3. The molecule has 1 atom stereocenters. The van der Waals surface area contributed by atoms with Gasteiger partial charge in [0.2, 0.25) is 5.91 Å². The predicted molar refractivity (Wildman–Crippen MR) is 115 cm³/mol. The van der Waals surface area contributed by atoms with Crippen molar-refractivity contribution in [1.29, 1.82) is 0 Å². The highest BCUT2D eigenvalue weighted by Gasteiger charge is 2.33. The highest BCUT2D eigenvalue weighted by molar-refractivity contribution is 8.00. The quantitative estimate of drug-likeness (QED) is 0.653. The van der Waals surface area contributed by atoms with E-state index in [2.05, 4.69) is 0 Å². The van der Waals surface area contributed by atoms with Crippen LogP contribution in [0, 0.1) is 0 Å². The molecule has 0 bridgehead atoms. The number of methoxy groups -OCH3 is 2. The van der Waals surface area contributed by atoms with E-state index in [9.17, 15) is 4.79 Å². The van der Waals surface area contributed by atoms with Gasteiger partial charge in [0.05, 0.1) is 26.1 Å². The average molecular weight is 414 g/mol. The number of benzene rings is 2. The van der Waals surface area contributed by atoms with Crippen molar-refractivity contribution in [3.63, 3.8) is 0 Å². The summed E-state index contributed by atoms with van der Waals surface area (Å²) in [6.45, 7) is 0.554. The lowest BCUT2D eigenvalue weighted by Crippen LogP contribution is -2.27. The molecule has 29 heavy (non-hydrogen) atoms. The van der Waals surface area contributed by atoms with Crippen LogP contribution in [-0.2, 0) is 11.3 Å². The molecule has 2 fully saturated rings. The Morgan fingerprint density at radius 1 is 1.03 bits per heavy atom. The van der Waals surface area contributed by atoms with Crippen molar-refractivity contribution in [2.24, 2.45) is 0 Å². The second kappa shape index (κ2) is 8.99. The highest BCUT2D eigenvalue weighted by atomic mass is 32.2. The number of hydrogen-bond donors (Lipinski definition) is 0. The van der Waals surface area contributed by atoms with E-state index >= 15 is 0 Å². The van der Waals surface area contributed by atoms with E-state index in [0.717, 1.165) is 41.2 Å². The van der Waals surface area contributed by atoms with E-state index in [1.54, 1.807) is 26.0 Å². The summed E-state index contributed by atoms with van der Waals surface area (Å²) in [6.07, 6.45) is 4.87. The van der Waals surface area contributed by atoms with Crippen LogP contribution < -0.4 is 14.2 Å². The molecule has 1 amide bonds. The first-order chi connectivity index (χ1) is 14.2. The van der Waals surface area contributed by atoms with Crippen LogP contribution in [0.15, 0.2) is 42.5 Å². The van der Waals surface area contributed by atoms with Gasteiger partial charge in [-0.3, -0.25) is 4.79 Å². The van der Waals surface area contributed by atoms with E-state index in [-0.39, 0.29) is 17.4 Å². The van der Waals surface area contributed by atoms with Gasteiger partial charge in [-0.15, -0.1) is 11.8 Å². The first-order valence-corrected chi connectivity index (χ1v) is 11.1. The third kappa shape index (κ3) is 4.47. The largest absolute Gasteiger partial charge is 0.497 e. The van der Waals surface area contributed by atoms with Crippen molar-refractivity contribution in [3.8, 4) is 17.2 Å². The molecule has 1 aliphatic carbocycles. The van der Waals surface area contributed by atoms with Crippen LogP contribution in [0.1, 0.15) is 42.2 Å². The van der Waals surface area contributed by atoms with E-state index in [0.29, 0.717) is 12.3 Å². The topological polar surface area (TPSA) is 48.0 Å². The Balaban J connectivity index is 1.57. The smallest absolute Gasteiger partial charge is 0.234 e. The van der Waals surface area contributed by atoms with E-state index in [4.69, 9.17) is 14.2 Å². The minimum atomic E-state index is -0.0365. The fraction of sp³-hybridized carbons (Fsp3) is 0.435. The van der Waals surface area contributed by atoms with Crippen LogP contribution in [-0.4, -0.2) is 36.9 Å². The molecule has 154 valence electrons. The average Bonchev–Trinajstić information content (AvgIpc) is 3.38. The first-order valence-electron chi connectivity index (χ1n) is 10.1. The van der Waals surface area contributed by atoms with Gasteiger partial charge in [0.1, 0.15) is 11.1 Å². The Morgan fingerprint density at radius 3 is 2.62 bits per heavy atom. The van der Waals surface area contributed by atoms with Gasteiger partial charge < -0.3 is 19.1 Å². The number of amides is 1. The zero-order chi connectivity index (χ0) is 20.2. The molecule has 1 saturated carbocycles. The third-order valence-corrected chi connectivity index (χ3v) is 6.78. The van der Waals surface area contributed by atoms with Gasteiger partial charge >= 0.3 is 0 Å². The van der Waals surface area contributed by atoms with Crippen LogP contribution in [0.2, 0.25) is 0 Å². The Bertz CT molecular complexity index is 866. The number of carbonyl (C=O) groups is 1. The lowest BCUT2D eigenvalue weighted by molar-refractivity contribution is -0.128. The van der Waals surface area contributed by atoms with Crippen LogP contribution in [0.4, 0.5) is 0 Å². The Hall–Kier alpha value is -2.34. The van der Waals surface area contributed by atoms with E-state index in [1.165, 1.54) is 12.8 Å². The van der Waals surface area contributed by atoms with Gasteiger partial charge in [-0.05, 0) is 61.1 Å². The molecule has 0 aromatic heterocycles. The fourth-order valence-corrected chi connectivity index (χ4v) is 5.17. The molecule has 5 nitrogen and oxygen atoms in total. The standard InChI is InChI=1S/C23H27NO4S/c1-26-19-9-5-6-16(12-19)14-24-22(25)15-29-23(24)17-10-11-20(27-2)21(13-17)28-18-7-3-4-8-18/h5-6,9-13,18,23H,3-4,7-8,14-15H2,1-2H3. The molecule has 1 saturated heterocycles. The van der Waals surface area contributed by atoms with Crippen molar-refractivity contribution >= 4 is 17.7 Å². The van der Waals surface area contributed by atoms with Gasteiger partial charge in [0.15, 0.2) is 11.5 Å². The maximum Gasteiger partial charge on any atom is 0.234 e. The molecule has 2 aromatic rings. The third-order valence-electron chi connectivity index (χ3n) is 5.52. The van der Waals surface area contributed by atoms with Crippen molar-refractivity contribution in [3.05, 3.63) is 53.6 Å². The summed E-state index contributed by atoms with van der Waals surface area (Å²) < 4.78 is 17.1. The number of thioether (sulfide) groups is 1. The minimum Gasteiger partial charge on any atom is -0.497 e. The maximum absolute atomic E-state index is 12.6. The zero-order valence-corrected chi connectivity index (χ0v) is 17.7. The maximum atomic E-state index is 12.6. The summed E-state index contributed by atoms with van der Waals surface area (Å²) in [4.78, 5) is 14.6. The number of carbonyl (C=O) groups excluding carboxylic acids is 1. The molecule has 2 aromatic carbocycles. The summed E-state index contributed by atoms with van der Waals surface area (Å²) in [7, 11) is 3.32. The van der Waals surface area contributed by atoms with Gasteiger partial charge in [0.25, 0.3) is 0 Å². The van der Waals surface area contributed by atoms with Crippen molar-refractivity contribution in [2.45, 2.75) is 43.7 Å². The molecule has 0 radical (unpaired) electrons. The Kier molecular flexibility index (Phi) is 6.19. The van der Waals surface area contributed by atoms with Gasteiger partial charge in [-0.25, -0.2) is 0 Å². The zero-order valence-electron chi connectivity index (χ0n) is 16.9. The lowest BCUT2D eigenvalue weighted by Gasteiger charge is -2.25. The van der Waals surface area contributed by atoms with Gasteiger partial charge in [-0.2, -0.15) is 0 Å². The molecule has 4 rings (SSSR count). The van der Waals surface area contributed by atoms with E-state index in [1.807, 2.05) is 47.4 Å². The van der Waals surface area contributed by atoms with Crippen molar-refractivity contribution < 1.29 is 19.0 Å². The summed E-state index contributed by atoms with van der Waals surface area (Å²) in [5.74, 6) is 2.96. The van der Waals surface area contributed by atoms with Gasteiger partial charge in [0, 0.05) is 6.54 Å². The molecule has 6 heteroatoms. The van der Waals surface area contributed by atoms with Crippen LogP contribution >= 0.6 is 11.8 Å². The summed E-state index contributed by atoms with van der Waals surface area (Å²) in [6, 6.07) is 13.9. The van der Waals surface area contributed by atoms with E-state index < -0.39 is 0 Å². The molecular formula is C23H27NO4S. The summed E-state index contributed by atoms with van der Waals surface area (Å²) >= 11 is 1.65. The fourth-order valence-electron chi connectivity index (χ4n) is 3.99. The number of nitrogens with zero attached hydrogens (tertiary/aromatic N) is 1. The molecule has 1 heterocycles. The monoisotopic (exact) mass is 413 g/mol. The lowest BCUT2D eigenvalue weighted by atomic mass is 10.1. The predicted octanol–water partition coefficient (Wildman–Crippen LogP) is 4.80. The second-order valence-corrected chi connectivity index (χ2v) is 8.54. The molecule has 1 unspecified atom stereocenters. The highest BCUT2D eigenvalue weighted by Crippen LogP contribution is 2.43. The number of hydrogen-bond acceptors (Lipinski definition) is 5. The SMILES string of the molecule is COc1cccc(CN2C(=O)CSC2c2ccc(OC)c(OC3CCCC3)c2)c1. The second-order valence-electron chi connectivity index (χ2n) is 7.47.